The van der Waals surface area contributed by atoms with E-state index < -0.39 is 0 Å². The maximum absolute atomic E-state index is 11.4. The van der Waals surface area contributed by atoms with E-state index in [1.165, 1.54) is 0 Å². The van der Waals surface area contributed by atoms with Crippen LogP contribution in [0, 0.1) is 0 Å². The van der Waals surface area contributed by atoms with E-state index in [1.807, 2.05) is 24.3 Å². The van der Waals surface area contributed by atoms with Crippen LogP contribution in [-0.4, -0.2) is 26.1 Å². The number of ether oxygens (including phenoxy) is 1. The first-order valence-electron chi connectivity index (χ1n) is 6.80. The molecule has 1 amide bonds. The van der Waals surface area contributed by atoms with Gasteiger partial charge >= 0.3 is 0 Å². The lowest BCUT2D eigenvalue weighted by Gasteiger charge is -2.11. The third kappa shape index (κ3) is 3.27. The number of carbonyl (C=O) groups excluding carboxylic acids is 1. The first kappa shape index (κ1) is 14.3. The molecule has 0 saturated heterocycles. The minimum atomic E-state index is 0.0533. The van der Waals surface area contributed by atoms with Crippen molar-refractivity contribution in [1.29, 1.82) is 0 Å². The van der Waals surface area contributed by atoms with Crippen molar-refractivity contribution in [3.8, 4) is 5.75 Å². The predicted molar refractivity (Wildman–Crippen MR) is 80.9 cm³/mol. The summed E-state index contributed by atoms with van der Waals surface area (Å²) in [5, 5.41) is 4.84. The largest absolute Gasteiger partial charge is 0.492 e. The highest BCUT2D eigenvalue weighted by atomic mass is 16.5. The molecule has 2 aromatic rings. The number of hydrogen-bond donors (Lipinski definition) is 2. The van der Waals surface area contributed by atoms with Crippen LogP contribution in [0.4, 0.5) is 0 Å². The van der Waals surface area contributed by atoms with Crippen molar-refractivity contribution in [2.75, 3.05) is 20.2 Å². The number of nitrogens with one attached hydrogen (secondary N) is 1. The third-order valence-electron chi connectivity index (χ3n) is 3.25. The molecule has 0 radical (unpaired) electrons. The summed E-state index contributed by atoms with van der Waals surface area (Å²) in [6.45, 7) is 0.994. The Morgan fingerprint density at radius 1 is 1.20 bits per heavy atom. The fraction of sp³-hybridized carbons (Fsp3) is 0.312. The summed E-state index contributed by atoms with van der Waals surface area (Å²) in [6, 6.07) is 12.1. The molecule has 0 aliphatic carbocycles. The van der Waals surface area contributed by atoms with Gasteiger partial charge in [-0.1, -0.05) is 30.3 Å². The monoisotopic (exact) mass is 272 g/mol. The Kier molecular flexibility index (Phi) is 4.96. The van der Waals surface area contributed by atoms with E-state index in [-0.39, 0.29) is 5.91 Å². The summed E-state index contributed by atoms with van der Waals surface area (Å²) in [6.07, 6.45) is 1.21. The third-order valence-corrected chi connectivity index (χ3v) is 3.25. The Morgan fingerprint density at radius 2 is 1.95 bits per heavy atom. The first-order chi connectivity index (χ1) is 9.76. The molecule has 0 unspecified atom stereocenters. The number of rotatable bonds is 6. The number of fused-ring (bicyclic) bond motifs is 1. The molecule has 0 saturated carbocycles. The van der Waals surface area contributed by atoms with E-state index in [9.17, 15) is 4.79 Å². The van der Waals surface area contributed by atoms with Gasteiger partial charge in [0.05, 0.1) is 0 Å². The van der Waals surface area contributed by atoms with Gasteiger partial charge in [0.1, 0.15) is 12.4 Å². The summed E-state index contributed by atoms with van der Waals surface area (Å²) < 4.78 is 5.67. The van der Waals surface area contributed by atoms with Gasteiger partial charge in [0.25, 0.3) is 0 Å². The average molecular weight is 272 g/mol. The van der Waals surface area contributed by atoms with Crippen LogP contribution >= 0.6 is 0 Å². The number of aryl methyl sites for hydroxylation is 1. The Bertz CT molecular complexity index is 596. The van der Waals surface area contributed by atoms with Gasteiger partial charge in [-0.25, -0.2) is 0 Å². The average Bonchev–Trinajstić information content (AvgIpc) is 2.50. The molecule has 4 heteroatoms. The van der Waals surface area contributed by atoms with Crippen molar-refractivity contribution in [3.05, 3.63) is 42.0 Å². The maximum atomic E-state index is 11.4. The number of hydrogen-bond acceptors (Lipinski definition) is 3. The zero-order valence-corrected chi connectivity index (χ0v) is 11.7. The Hall–Kier alpha value is -2.07. The van der Waals surface area contributed by atoms with E-state index in [0.29, 0.717) is 19.6 Å². The van der Waals surface area contributed by atoms with Gasteiger partial charge in [-0.05, 0) is 23.4 Å². The predicted octanol–water partition coefficient (Wildman–Crippen LogP) is 1.86. The molecule has 0 aliphatic heterocycles. The number of nitrogens with two attached hydrogens (primary N) is 1. The molecule has 20 heavy (non-hydrogen) atoms. The van der Waals surface area contributed by atoms with E-state index in [1.54, 1.807) is 7.05 Å². The maximum Gasteiger partial charge on any atom is 0.220 e. The Labute approximate surface area is 118 Å². The zero-order valence-electron chi connectivity index (χ0n) is 11.7. The van der Waals surface area contributed by atoms with Crippen molar-refractivity contribution in [2.45, 2.75) is 12.8 Å². The van der Waals surface area contributed by atoms with Crippen LogP contribution in [0.2, 0.25) is 0 Å². The van der Waals surface area contributed by atoms with Gasteiger partial charge in [-0.3, -0.25) is 4.79 Å². The van der Waals surface area contributed by atoms with Crippen LogP contribution in [0.1, 0.15) is 12.0 Å². The highest BCUT2D eigenvalue weighted by Crippen LogP contribution is 2.28. The molecule has 0 aliphatic rings. The fourth-order valence-corrected chi connectivity index (χ4v) is 2.23. The lowest BCUT2D eigenvalue weighted by Crippen LogP contribution is -2.17. The topological polar surface area (TPSA) is 64.3 Å². The second-order valence-corrected chi connectivity index (χ2v) is 4.58. The van der Waals surface area contributed by atoms with Crippen LogP contribution in [0.3, 0.4) is 0 Å². The van der Waals surface area contributed by atoms with Crippen LogP contribution in [0.5, 0.6) is 5.75 Å². The summed E-state index contributed by atoms with van der Waals surface area (Å²) in [4.78, 5) is 11.4. The van der Waals surface area contributed by atoms with Crippen LogP contribution in [0.15, 0.2) is 36.4 Å². The van der Waals surface area contributed by atoms with E-state index >= 15 is 0 Å². The van der Waals surface area contributed by atoms with Gasteiger partial charge in [0, 0.05) is 25.4 Å². The van der Waals surface area contributed by atoms with Crippen molar-refractivity contribution < 1.29 is 9.53 Å². The highest BCUT2D eigenvalue weighted by molar-refractivity contribution is 5.91. The van der Waals surface area contributed by atoms with Crippen molar-refractivity contribution >= 4 is 16.7 Å². The van der Waals surface area contributed by atoms with Gasteiger partial charge < -0.3 is 15.8 Å². The molecule has 0 heterocycles. The molecule has 106 valence electrons. The second kappa shape index (κ2) is 6.91. The lowest BCUT2D eigenvalue weighted by atomic mass is 10.00. The minimum Gasteiger partial charge on any atom is -0.492 e. The minimum absolute atomic E-state index is 0.0533. The molecule has 0 spiro atoms. The molecule has 0 atom stereocenters. The van der Waals surface area contributed by atoms with Crippen LogP contribution in [0.25, 0.3) is 10.8 Å². The van der Waals surface area contributed by atoms with Crippen LogP contribution < -0.4 is 15.8 Å². The summed E-state index contributed by atoms with van der Waals surface area (Å²) >= 11 is 0. The summed E-state index contributed by atoms with van der Waals surface area (Å²) in [5.41, 5.74) is 6.63. The molecule has 2 rings (SSSR count). The Balaban J connectivity index is 2.30. The first-order valence-corrected chi connectivity index (χ1v) is 6.80. The van der Waals surface area contributed by atoms with Gasteiger partial charge in [0.2, 0.25) is 5.91 Å². The van der Waals surface area contributed by atoms with E-state index in [0.717, 1.165) is 28.5 Å². The zero-order chi connectivity index (χ0) is 14.4. The summed E-state index contributed by atoms with van der Waals surface area (Å²) in [5.74, 6) is 0.896. The van der Waals surface area contributed by atoms with Crippen molar-refractivity contribution in [1.82, 2.24) is 5.32 Å². The highest BCUT2D eigenvalue weighted by Gasteiger charge is 2.07. The fourth-order valence-electron chi connectivity index (χ4n) is 2.23. The molecule has 4 nitrogen and oxygen atoms in total. The number of carbonyl (C=O) groups is 1. The number of benzene rings is 2. The quantitative estimate of drug-likeness (QED) is 0.843. The molecule has 0 aromatic heterocycles. The Morgan fingerprint density at radius 3 is 2.70 bits per heavy atom. The van der Waals surface area contributed by atoms with Crippen LogP contribution in [-0.2, 0) is 11.2 Å². The summed E-state index contributed by atoms with van der Waals surface area (Å²) in [7, 11) is 1.66. The standard InChI is InChI=1S/C16H20N2O2/c1-18-16(19)9-8-12-4-2-6-14-13(12)5-3-7-15(14)20-11-10-17/h2-7H,8-11,17H2,1H3,(H,18,19). The second-order valence-electron chi connectivity index (χ2n) is 4.58. The van der Waals surface area contributed by atoms with Crippen molar-refractivity contribution in [2.24, 2.45) is 5.73 Å². The molecule has 0 bridgehead atoms. The normalized spacial score (nSPS) is 10.5. The molecule has 0 fully saturated rings. The van der Waals surface area contributed by atoms with Gasteiger partial charge in [-0.2, -0.15) is 0 Å². The van der Waals surface area contributed by atoms with Crippen molar-refractivity contribution in [3.63, 3.8) is 0 Å². The van der Waals surface area contributed by atoms with Gasteiger partial charge in [0.15, 0.2) is 0 Å². The van der Waals surface area contributed by atoms with Gasteiger partial charge in [-0.15, -0.1) is 0 Å². The van der Waals surface area contributed by atoms with E-state index in [4.69, 9.17) is 10.5 Å². The number of amides is 1. The lowest BCUT2D eigenvalue weighted by molar-refractivity contribution is -0.120. The molecule has 3 N–H and O–H groups in total. The molecule has 2 aromatic carbocycles. The smallest absolute Gasteiger partial charge is 0.220 e. The van der Waals surface area contributed by atoms with E-state index in [2.05, 4.69) is 17.4 Å². The molecular weight excluding hydrogens is 252 g/mol. The molecular formula is C16H20N2O2. The SMILES string of the molecule is CNC(=O)CCc1cccc2c(OCCN)cccc12.